The summed E-state index contributed by atoms with van der Waals surface area (Å²) in [5.74, 6) is 0.711. The summed E-state index contributed by atoms with van der Waals surface area (Å²) in [5.41, 5.74) is 1.18. The van der Waals surface area contributed by atoms with Gasteiger partial charge in [-0.25, -0.2) is 0 Å². The van der Waals surface area contributed by atoms with Crippen molar-refractivity contribution >= 4 is 16.1 Å². The second kappa shape index (κ2) is 3.66. The Balaban J connectivity index is 2.15. The van der Waals surface area contributed by atoms with E-state index >= 15 is 0 Å². The number of rotatable bonds is 2. The summed E-state index contributed by atoms with van der Waals surface area (Å²) in [6, 6.07) is 10.0. The molecule has 66 valence electrons. The molecule has 2 aromatic rings. The van der Waals surface area contributed by atoms with E-state index in [0.29, 0.717) is 12.2 Å². The van der Waals surface area contributed by atoms with E-state index in [1.54, 1.807) is 0 Å². The third-order valence-electron chi connectivity index (χ3n) is 1.64. The van der Waals surface area contributed by atoms with Gasteiger partial charge in [-0.15, -0.1) is 10.2 Å². The fourth-order valence-corrected chi connectivity index (χ4v) is 1.33. The number of hydrogen-bond donors (Lipinski definition) is 0. The van der Waals surface area contributed by atoms with E-state index in [4.69, 9.17) is 0 Å². The van der Waals surface area contributed by atoms with Crippen molar-refractivity contribution in [3.63, 3.8) is 0 Å². The Morgan fingerprint density at radius 2 is 2.00 bits per heavy atom. The molecule has 0 N–H and O–H groups in total. The van der Waals surface area contributed by atoms with Crippen molar-refractivity contribution in [1.82, 2.24) is 19.2 Å². The van der Waals surface area contributed by atoms with Crippen LogP contribution in [-0.4, -0.2) is 19.2 Å². The first kappa shape index (κ1) is 8.37. The van der Waals surface area contributed by atoms with E-state index in [2.05, 4.69) is 31.6 Å². The summed E-state index contributed by atoms with van der Waals surface area (Å²) in [7, 11) is 0. The molecule has 1 aromatic carbocycles. The van der Waals surface area contributed by atoms with Crippen LogP contribution in [0.25, 0.3) is 0 Å². The number of benzene rings is 1. The summed E-state index contributed by atoms with van der Waals surface area (Å²) in [6.45, 7) is 0. The van der Waals surface area contributed by atoms with Gasteiger partial charge in [-0.05, 0) is 10.8 Å². The topological polar surface area (TPSA) is 43.6 Å². The zero-order valence-electron chi connectivity index (χ0n) is 6.76. The van der Waals surface area contributed by atoms with Crippen LogP contribution in [0.2, 0.25) is 0 Å². The Morgan fingerprint density at radius 1 is 1.23 bits per heavy atom. The average Bonchev–Trinajstić information content (AvgIpc) is 2.53. The number of aromatic nitrogens is 4. The lowest BCUT2D eigenvalue weighted by atomic mass is 10.1. The van der Waals surface area contributed by atoms with E-state index in [9.17, 15) is 0 Å². The highest BCUT2D eigenvalue weighted by molar-refractivity contribution is 9.08. The van der Waals surface area contributed by atoms with Gasteiger partial charge in [0.25, 0.3) is 0 Å². The van der Waals surface area contributed by atoms with Crippen LogP contribution < -0.4 is 0 Å². The van der Waals surface area contributed by atoms with Crippen molar-refractivity contribution in [3.05, 3.63) is 41.7 Å². The molecule has 0 aliphatic rings. The highest BCUT2D eigenvalue weighted by Gasteiger charge is 2.01. The lowest BCUT2D eigenvalue weighted by molar-refractivity contribution is 0.834. The first-order valence-corrected chi connectivity index (χ1v) is 4.54. The third kappa shape index (κ3) is 2.12. The minimum atomic E-state index is 0.711. The Morgan fingerprint density at radius 3 is 2.62 bits per heavy atom. The molecule has 0 atom stereocenters. The molecule has 0 aliphatic heterocycles. The normalized spacial score (nSPS) is 10.2. The number of hydrogen-bond acceptors (Lipinski definition) is 3. The number of tetrazole rings is 1. The molecule has 1 aromatic heterocycles. The summed E-state index contributed by atoms with van der Waals surface area (Å²) in [5, 5.41) is 11.6. The van der Waals surface area contributed by atoms with Crippen LogP contribution in [0, 0.1) is 0 Å². The molecule has 0 saturated carbocycles. The summed E-state index contributed by atoms with van der Waals surface area (Å²) in [6.07, 6.45) is 0.715. The maximum atomic E-state index is 4.02. The van der Waals surface area contributed by atoms with E-state index in [0.717, 1.165) is 0 Å². The smallest absolute Gasteiger partial charge is 0.125 e. The molecule has 5 heteroatoms. The maximum Gasteiger partial charge on any atom is 0.180 e. The van der Waals surface area contributed by atoms with Gasteiger partial charge in [-0.1, -0.05) is 34.2 Å². The predicted molar refractivity (Wildman–Crippen MR) is 51.4 cm³/mol. The highest BCUT2D eigenvalue weighted by Crippen LogP contribution is 2.03. The number of nitrogens with zero attached hydrogens (tertiary/aromatic N) is 4. The maximum absolute atomic E-state index is 4.02. The van der Waals surface area contributed by atoms with Crippen LogP contribution in [0.5, 0.6) is 0 Å². The van der Waals surface area contributed by atoms with E-state index < -0.39 is 0 Å². The van der Waals surface area contributed by atoms with Crippen LogP contribution in [0.3, 0.4) is 0 Å². The molecule has 0 unspecified atom stereocenters. The Hall–Kier alpha value is -1.23. The molecule has 1 heterocycles. The van der Waals surface area contributed by atoms with Gasteiger partial charge in [-0.2, -0.15) is 0 Å². The van der Waals surface area contributed by atoms with Gasteiger partial charge in [0.15, 0.2) is 5.82 Å². The molecule has 2 rings (SSSR count). The van der Waals surface area contributed by atoms with Crippen molar-refractivity contribution < 1.29 is 0 Å². The van der Waals surface area contributed by atoms with Gasteiger partial charge in [-0.3, -0.25) is 0 Å². The summed E-state index contributed by atoms with van der Waals surface area (Å²) in [4.78, 5) is 0. The number of halogens is 1. The first-order chi connectivity index (χ1) is 6.34. The SMILES string of the molecule is Brn1nnc(Cc2ccccc2)n1. The van der Waals surface area contributed by atoms with Crippen molar-refractivity contribution in [2.75, 3.05) is 0 Å². The van der Waals surface area contributed by atoms with Gasteiger partial charge >= 0.3 is 0 Å². The zero-order chi connectivity index (χ0) is 9.10. The molecule has 0 radical (unpaired) electrons. The van der Waals surface area contributed by atoms with Crippen molar-refractivity contribution in [3.8, 4) is 0 Å². The molecule has 0 saturated heterocycles. The minimum absolute atomic E-state index is 0.711. The van der Waals surface area contributed by atoms with Crippen LogP contribution in [-0.2, 0) is 6.42 Å². The van der Waals surface area contributed by atoms with Crippen LogP contribution in [0.15, 0.2) is 30.3 Å². The van der Waals surface area contributed by atoms with Crippen molar-refractivity contribution in [1.29, 1.82) is 0 Å². The molecule has 0 amide bonds. The second-order valence-electron chi connectivity index (χ2n) is 2.61. The molecule has 0 aliphatic carbocycles. The average molecular weight is 239 g/mol. The van der Waals surface area contributed by atoms with Crippen LogP contribution in [0.1, 0.15) is 11.4 Å². The molecule has 0 bridgehead atoms. The third-order valence-corrected chi connectivity index (χ3v) is 1.94. The fraction of sp³-hybridized carbons (Fsp3) is 0.125. The Kier molecular flexibility index (Phi) is 2.35. The largest absolute Gasteiger partial charge is 0.180 e. The molecular weight excluding hydrogens is 232 g/mol. The quantitative estimate of drug-likeness (QED) is 0.795. The van der Waals surface area contributed by atoms with Crippen molar-refractivity contribution in [2.24, 2.45) is 0 Å². The molecule has 0 fully saturated rings. The Labute approximate surface area is 83.9 Å². The van der Waals surface area contributed by atoms with Gasteiger partial charge in [0.1, 0.15) is 16.1 Å². The standard InChI is InChI=1S/C8H7BrN4/c9-13-11-8(10-12-13)6-7-4-2-1-3-5-7/h1-5H,6H2. The van der Waals surface area contributed by atoms with Crippen molar-refractivity contribution in [2.45, 2.75) is 6.42 Å². The van der Waals surface area contributed by atoms with Gasteiger partial charge in [0.05, 0.1) is 0 Å². The zero-order valence-corrected chi connectivity index (χ0v) is 8.35. The second-order valence-corrected chi connectivity index (χ2v) is 3.24. The molecule has 0 spiro atoms. The van der Waals surface area contributed by atoms with Crippen LogP contribution in [0.4, 0.5) is 0 Å². The van der Waals surface area contributed by atoms with E-state index in [1.165, 1.54) is 9.39 Å². The van der Waals surface area contributed by atoms with E-state index in [-0.39, 0.29) is 0 Å². The first-order valence-electron chi connectivity index (χ1n) is 3.83. The summed E-state index contributed by atoms with van der Waals surface area (Å²) >= 11 is 3.08. The minimum Gasteiger partial charge on any atom is -0.125 e. The van der Waals surface area contributed by atoms with Crippen LogP contribution >= 0.6 is 16.1 Å². The lowest BCUT2D eigenvalue weighted by Gasteiger charge is -1.93. The van der Waals surface area contributed by atoms with Gasteiger partial charge in [0.2, 0.25) is 0 Å². The molecule has 13 heavy (non-hydrogen) atoms. The monoisotopic (exact) mass is 238 g/mol. The molecule has 4 nitrogen and oxygen atoms in total. The van der Waals surface area contributed by atoms with Gasteiger partial charge in [0, 0.05) is 6.42 Å². The van der Waals surface area contributed by atoms with E-state index in [1.807, 2.05) is 30.3 Å². The molecular formula is C8H7BrN4. The predicted octanol–water partition coefficient (Wildman–Crippen LogP) is 1.42. The summed E-state index contributed by atoms with van der Waals surface area (Å²) < 4.78 is 1.28. The highest BCUT2D eigenvalue weighted by atomic mass is 79.9. The van der Waals surface area contributed by atoms with Gasteiger partial charge < -0.3 is 0 Å². The fourth-order valence-electron chi connectivity index (χ4n) is 1.07. The Bertz CT molecular complexity index is 384. The lowest BCUT2D eigenvalue weighted by Crippen LogP contribution is -1.90.